The first-order valence-electron chi connectivity index (χ1n) is 9.59. The van der Waals surface area contributed by atoms with Crippen LogP contribution in [-0.4, -0.2) is 33.1 Å². The Morgan fingerprint density at radius 2 is 1.88 bits per heavy atom. The van der Waals surface area contributed by atoms with Crippen molar-refractivity contribution in [1.82, 2.24) is 20.0 Å². The molecule has 1 aliphatic heterocycles. The molecule has 6 nitrogen and oxygen atoms in total. The summed E-state index contributed by atoms with van der Waals surface area (Å²) < 4.78 is 1.63. The smallest absolute Gasteiger partial charge is 0.266 e. The van der Waals surface area contributed by atoms with Crippen molar-refractivity contribution in [3.8, 4) is 0 Å². The predicted octanol–water partition coefficient (Wildman–Crippen LogP) is 2.35. The Morgan fingerprint density at radius 1 is 1.12 bits per heavy atom. The van der Waals surface area contributed by atoms with E-state index in [1.807, 2.05) is 6.07 Å². The van der Waals surface area contributed by atoms with Gasteiger partial charge in [0.15, 0.2) is 5.82 Å². The van der Waals surface area contributed by atoms with Crippen LogP contribution in [0.5, 0.6) is 0 Å². The summed E-state index contributed by atoms with van der Waals surface area (Å²) in [7, 11) is 0. The minimum atomic E-state index is -0.0557. The molecule has 1 fully saturated rings. The molecule has 6 heteroatoms. The highest BCUT2D eigenvalue weighted by Gasteiger charge is 2.30. The number of hydrogen-bond donors (Lipinski definition) is 0. The third kappa shape index (κ3) is 3.37. The van der Waals surface area contributed by atoms with Crippen LogP contribution < -0.4 is 10.5 Å². The summed E-state index contributed by atoms with van der Waals surface area (Å²) in [5.74, 6) is 1.40. The Bertz CT molecular complexity index is 861. The van der Waals surface area contributed by atoms with Crippen LogP contribution in [0.4, 0.5) is 5.82 Å². The summed E-state index contributed by atoms with van der Waals surface area (Å²) in [5.41, 5.74) is 3.41. The van der Waals surface area contributed by atoms with Gasteiger partial charge in [0, 0.05) is 30.5 Å². The Hall–Kier alpha value is -2.24. The van der Waals surface area contributed by atoms with Gasteiger partial charge >= 0.3 is 0 Å². The molecule has 0 atom stereocenters. The molecule has 0 spiro atoms. The maximum absolute atomic E-state index is 12.2. The molecule has 2 aromatic rings. The second kappa shape index (κ2) is 6.49. The average Bonchev–Trinajstić information content (AvgIpc) is 2.57. The molecule has 0 aromatic carbocycles. The molecule has 0 unspecified atom stereocenters. The molecule has 3 heterocycles. The zero-order valence-electron chi connectivity index (χ0n) is 15.9. The largest absolute Gasteiger partial charge is 0.354 e. The lowest BCUT2D eigenvalue weighted by atomic mass is 9.92. The van der Waals surface area contributed by atoms with E-state index in [9.17, 15) is 4.79 Å². The number of anilines is 1. The fourth-order valence-corrected chi connectivity index (χ4v) is 3.73. The normalized spacial score (nSPS) is 17.7. The first kappa shape index (κ1) is 17.2. The molecule has 1 saturated heterocycles. The molecule has 0 amide bonds. The summed E-state index contributed by atoms with van der Waals surface area (Å²) >= 11 is 0. The molecule has 0 N–H and O–H groups in total. The fourth-order valence-electron chi connectivity index (χ4n) is 3.73. The van der Waals surface area contributed by atoms with Crippen LogP contribution in [0.2, 0.25) is 0 Å². The second-order valence-corrected chi connectivity index (χ2v) is 8.64. The monoisotopic (exact) mass is 353 g/mol. The summed E-state index contributed by atoms with van der Waals surface area (Å²) in [5, 5.41) is 13.4. The van der Waals surface area contributed by atoms with Crippen LogP contribution in [-0.2, 0) is 24.8 Å². The van der Waals surface area contributed by atoms with Gasteiger partial charge in [-0.15, -0.1) is 5.10 Å². The van der Waals surface area contributed by atoms with Gasteiger partial charge < -0.3 is 4.90 Å². The number of rotatable bonds is 3. The molecular weight excluding hydrogens is 326 g/mol. The van der Waals surface area contributed by atoms with Gasteiger partial charge in [0.2, 0.25) is 0 Å². The summed E-state index contributed by atoms with van der Waals surface area (Å²) in [4.78, 5) is 14.4. The minimum Gasteiger partial charge on any atom is -0.354 e. The summed E-state index contributed by atoms with van der Waals surface area (Å²) in [6, 6.07) is 5.69. The Balaban J connectivity index is 1.42. The Morgan fingerprint density at radius 3 is 2.65 bits per heavy atom. The van der Waals surface area contributed by atoms with Crippen molar-refractivity contribution in [1.29, 1.82) is 0 Å². The minimum absolute atomic E-state index is 0.0231. The Labute approximate surface area is 154 Å². The Kier molecular flexibility index (Phi) is 4.29. The van der Waals surface area contributed by atoms with E-state index in [0.717, 1.165) is 37.4 Å². The van der Waals surface area contributed by atoms with E-state index in [1.165, 1.54) is 24.1 Å². The van der Waals surface area contributed by atoms with Crippen molar-refractivity contribution >= 4 is 5.82 Å². The molecule has 0 radical (unpaired) electrons. The molecule has 0 saturated carbocycles. The van der Waals surface area contributed by atoms with E-state index >= 15 is 0 Å². The van der Waals surface area contributed by atoms with Gasteiger partial charge in [-0.05, 0) is 43.4 Å². The molecule has 26 heavy (non-hydrogen) atoms. The van der Waals surface area contributed by atoms with E-state index in [2.05, 4.69) is 47.0 Å². The summed E-state index contributed by atoms with van der Waals surface area (Å²) in [6.45, 7) is 8.82. The van der Waals surface area contributed by atoms with Gasteiger partial charge in [-0.2, -0.15) is 10.2 Å². The topological polar surface area (TPSA) is 63.9 Å². The van der Waals surface area contributed by atoms with Gasteiger partial charge in [0.05, 0.1) is 17.9 Å². The van der Waals surface area contributed by atoms with E-state index < -0.39 is 0 Å². The number of hydrogen-bond acceptors (Lipinski definition) is 5. The zero-order valence-corrected chi connectivity index (χ0v) is 15.9. The third-order valence-corrected chi connectivity index (χ3v) is 5.40. The average molecular weight is 353 g/mol. The predicted molar refractivity (Wildman–Crippen MR) is 102 cm³/mol. The van der Waals surface area contributed by atoms with E-state index in [4.69, 9.17) is 0 Å². The molecule has 4 rings (SSSR count). The highest BCUT2D eigenvalue weighted by molar-refractivity contribution is 5.44. The molecule has 1 aliphatic carbocycles. The molecule has 0 bridgehead atoms. The van der Waals surface area contributed by atoms with Gasteiger partial charge in [-0.1, -0.05) is 20.8 Å². The van der Waals surface area contributed by atoms with Gasteiger partial charge in [0.1, 0.15) is 0 Å². The first-order valence-corrected chi connectivity index (χ1v) is 9.59. The molecule has 2 aromatic heterocycles. The maximum atomic E-state index is 12.2. The molecular formula is C20H27N5O. The second-order valence-electron chi connectivity index (χ2n) is 8.64. The van der Waals surface area contributed by atoms with E-state index in [1.54, 1.807) is 10.7 Å². The number of aromatic nitrogens is 4. The van der Waals surface area contributed by atoms with Crippen LogP contribution >= 0.6 is 0 Å². The van der Waals surface area contributed by atoms with Gasteiger partial charge in [0.25, 0.3) is 5.56 Å². The number of aryl methyl sites for hydroxylation is 2. The van der Waals surface area contributed by atoms with Crippen LogP contribution in [0.1, 0.15) is 50.6 Å². The lowest BCUT2D eigenvalue weighted by molar-refractivity contribution is 0.327. The highest BCUT2D eigenvalue weighted by Crippen LogP contribution is 2.27. The van der Waals surface area contributed by atoms with Crippen molar-refractivity contribution in [3.05, 3.63) is 45.5 Å². The number of nitrogens with zero attached hydrogens (tertiary/aromatic N) is 5. The van der Waals surface area contributed by atoms with Crippen molar-refractivity contribution in [2.24, 2.45) is 5.92 Å². The third-order valence-electron chi connectivity index (χ3n) is 5.40. The fraction of sp³-hybridized carbons (Fsp3) is 0.600. The van der Waals surface area contributed by atoms with Crippen LogP contribution in [0, 0.1) is 5.92 Å². The van der Waals surface area contributed by atoms with Gasteiger partial charge in [-0.25, -0.2) is 4.68 Å². The van der Waals surface area contributed by atoms with E-state index in [0.29, 0.717) is 12.5 Å². The summed E-state index contributed by atoms with van der Waals surface area (Å²) in [6.07, 6.45) is 4.65. The molecule has 2 aliphatic rings. The first-order chi connectivity index (χ1) is 12.4. The van der Waals surface area contributed by atoms with Crippen molar-refractivity contribution < 1.29 is 0 Å². The van der Waals surface area contributed by atoms with Crippen molar-refractivity contribution in [2.75, 3.05) is 18.0 Å². The molecule has 138 valence electrons. The number of fused-ring (bicyclic) bond motifs is 1. The lowest BCUT2D eigenvalue weighted by Gasteiger charge is -2.40. The van der Waals surface area contributed by atoms with Crippen molar-refractivity contribution in [3.63, 3.8) is 0 Å². The van der Waals surface area contributed by atoms with Crippen LogP contribution in [0.3, 0.4) is 0 Å². The zero-order chi connectivity index (χ0) is 18.3. The highest BCUT2D eigenvalue weighted by atomic mass is 16.1. The van der Waals surface area contributed by atoms with Crippen LogP contribution in [0.25, 0.3) is 0 Å². The maximum Gasteiger partial charge on any atom is 0.266 e. The lowest BCUT2D eigenvalue weighted by Crippen LogP contribution is -2.50. The van der Waals surface area contributed by atoms with E-state index in [-0.39, 0.29) is 11.0 Å². The quantitative estimate of drug-likeness (QED) is 0.847. The van der Waals surface area contributed by atoms with Crippen LogP contribution in [0.15, 0.2) is 23.0 Å². The van der Waals surface area contributed by atoms with Gasteiger partial charge in [-0.3, -0.25) is 4.79 Å². The van der Waals surface area contributed by atoms with Crippen molar-refractivity contribution in [2.45, 2.75) is 58.4 Å². The standard InChI is InChI=1S/C20H27N5O/c1-20(2,3)17-8-9-19(26)25(23-17)13-14-11-24(12-14)18-10-15-6-4-5-7-16(15)21-22-18/h8-10,14H,4-7,11-13H2,1-3H3. The SMILES string of the molecule is CC(C)(C)c1ccc(=O)n(CC2CN(c3cc4c(nn3)CCCC4)C2)n1.